The Morgan fingerprint density at radius 2 is 2.60 bits per heavy atom. The summed E-state index contributed by atoms with van der Waals surface area (Å²) in [5.41, 5.74) is 2.43. The van der Waals surface area contributed by atoms with Gasteiger partial charge in [0.25, 0.3) is 0 Å². The third-order valence-corrected chi connectivity index (χ3v) is 3.24. The van der Waals surface area contributed by atoms with Crippen LogP contribution < -0.4 is 5.84 Å². The highest BCUT2D eigenvalue weighted by Gasteiger charge is 2.18. The largest absolute Gasteiger partial charge is 0.380 e. The van der Waals surface area contributed by atoms with E-state index in [4.69, 9.17) is 5.84 Å². The van der Waals surface area contributed by atoms with E-state index < -0.39 is 6.10 Å². The number of hydrogen-bond donors (Lipinski definition) is 2. The van der Waals surface area contributed by atoms with Crippen LogP contribution in [0.25, 0.3) is 0 Å². The van der Waals surface area contributed by atoms with Crippen LogP contribution in [0.2, 0.25) is 0 Å². The predicted octanol–water partition coefficient (Wildman–Crippen LogP) is 1.34. The molecule has 1 rings (SSSR count). The molecule has 0 amide bonds. The summed E-state index contributed by atoms with van der Waals surface area (Å²) in [4.78, 5) is 7.98. The number of thiazole rings is 1. The molecule has 82 valence electrons. The Morgan fingerprint density at radius 3 is 3.07 bits per heavy atom. The van der Waals surface area contributed by atoms with Gasteiger partial charge in [0, 0.05) is 12.8 Å². The van der Waals surface area contributed by atoms with Gasteiger partial charge in [0.1, 0.15) is 17.5 Å². The molecule has 0 aromatic carbocycles. The first kappa shape index (κ1) is 12.3. The maximum Gasteiger partial charge on any atom is 0.143 e. The van der Waals surface area contributed by atoms with E-state index in [2.05, 4.69) is 31.0 Å². The van der Waals surface area contributed by atoms with Gasteiger partial charge in [0.15, 0.2) is 0 Å². The third kappa shape index (κ3) is 3.08. The van der Waals surface area contributed by atoms with Crippen molar-refractivity contribution in [3.05, 3.63) is 15.0 Å². The summed E-state index contributed by atoms with van der Waals surface area (Å²) in [5, 5.41) is 13.4. The number of hydrazone groups is 1. The Kier molecular flexibility index (Phi) is 4.86. The minimum atomic E-state index is -0.939. The molecular formula is C8H11BrN4OS. The number of aliphatic hydroxyl groups is 1. The van der Waals surface area contributed by atoms with Gasteiger partial charge in [0.05, 0.1) is 9.30 Å². The Bertz CT molecular complexity index is 376. The van der Waals surface area contributed by atoms with Crippen molar-refractivity contribution in [1.82, 2.24) is 4.98 Å². The summed E-state index contributed by atoms with van der Waals surface area (Å²) in [6.45, 7) is 2.50. The van der Waals surface area contributed by atoms with E-state index in [1.54, 1.807) is 5.51 Å². The topological polar surface area (TPSA) is 83.9 Å². The lowest BCUT2D eigenvalue weighted by Crippen LogP contribution is -2.16. The number of nitrogens with two attached hydrogens (primary N) is 1. The Hall–Kier alpha value is -0.790. The van der Waals surface area contributed by atoms with Crippen LogP contribution in [-0.2, 0) is 0 Å². The summed E-state index contributed by atoms with van der Waals surface area (Å²) in [6.07, 6.45) is 0.516. The normalized spacial score (nSPS) is 14.7. The average molecular weight is 291 g/mol. The number of aliphatic hydroxyl groups excluding tert-OH is 1. The summed E-state index contributed by atoms with van der Waals surface area (Å²) in [7, 11) is 0. The average Bonchev–Trinajstić information content (AvgIpc) is 2.65. The fraction of sp³-hybridized carbons (Fsp3) is 0.375. The lowest BCUT2D eigenvalue weighted by molar-refractivity contribution is 0.244. The van der Waals surface area contributed by atoms with Crippen LogP contribution in [0.5, 0.6) is 0 Å². The maximum absolute atomic E-state index is 9.89. The van der Waals surface area contributed by atoms with Crippen LogP contribution in [0.1, 0.15) is 18.7 Å². The molecule has 0 saturated carbocycles. The van der Waals surface area contributed by atoms with Crippen molar-refractivity contribution in [2.45, 2.75) is 13.0 Å². The van der Waals surface area contributed by atoms with Gasteiger partial charge in [-0.25, -0.2) is 4.98 Å². The number of aliphatic imine (C=N–C) groups is 1. The number of halogens is 1. The minimum absolute atomic E-state index is 0.295. The number of aromatic nitrogens is 1. The maximum atomic E-state index is 9.89. The lowest BCUT2D eigenvalue weighted by Gasteiger charge is -2.06. The molecule has 0 fully saturated rings. The molecule has 1 atom stereocenters. The van der Waals surface area contributed by atoms with Gasteiger partial charge < -0.3 is 10.9 Å². The van der Waals surface area contributed by atoms with Gasteiger partial charge in [-0.3, -0.25) is 4.99 Å². The molecule has 0 radical (unpaired) electrons. The molecular weight excluding hydrogens is 280 g/mol. The first-order valence-corrected chi connectivity index (χ1v) is 5.92. The van der Waals surface area contributed by atoms with Gasteiger partial charge in [-0.15, -0.1) is 11.3 Å². The fourth-order valence-electron chi connectivity index (χ4n) is 0.918. The van der Waals surface area contributed by atoms with E-state index in [-0.39, 0.29) is 0 Å². The van der Waals surface area contributed by atoms with E-state index in [9.17, 15) is 5.11 Å². The van der Waals surface area contributed by atoms with Crippen molar-refractivity contribution in [2.24, 2.45) is 15.9 Å². The first-order valence-electron chi connectivity index (χ1n) is 4.25. The number of nitrogens with zero attached hydrogens (tertiary/aromatic N) is 3. The van der Waals surface area contributed by atoms with Crippen molar-refractivity contribution in [3.63, 3.8) is 0 Å². The molecule has 1 heterocycles. The van der Waals surface area contributed by atoms with Gasteiger partial charge >= 0.3 is 0 Å². The highest BCUT2D eigenvalue weighted by Crippen LogP contribution is 2.26. The molecule has 5 nitrogen and oxygen atoms in total. The zero-order valence-electron chi connectivity index (χ0n) is 8.09. The summed E-state index contributed by atoms with van der Waals surface area (Å²) < 4.78 is 0.765. The Balaban J connectivity index is 2.88. The van der Waals surface area contributed by atoms with Crippen molar-refractivity contribution >= 4 is 39.2 Å². The van der Waals surface area contributed by atoms with Gasteiger partial charge in [0.2, 0.25) is 0 Å². The van der Waals surface area contributed by atoms with Crippen molar-refractivity contribution in [2.75, 3.05) is 6.54 Å². The van der Waals surface area contributed by atoms with Gasteiger partial charge in [-0.05, 0) is 22.9 Å². The molecule has 0 saturated heterocycles. The van der Waals surface area contributed by atoms with E-state index in [0.29, 0.717) is 18.0 Å². The zero-order valence-corrected chi connectivity index (χ0v) is 10.5. The van der Waals surface area contributed by atoms with Crippen LogP contribution in [0.15, 0.2) is 19.4 Å². The predicted molar refractivity (Wildman–Crippen MR) is 65.4 cm³/mol. The van der Waals surface area contributed by atoms with E-state index in [1.807, 2.05) is 6.92 Å². The monoisotopic (exact) mass is 290 g/mol. The van der Waals surface area contributed by atoms with Crippen LogP contribution in [0.4, 0.5) is 0 Å². The second kappa shape index (κ2) is 5.94. The number of hydrogen-bond acceptors (Lipinski definition) is 6. The standard InChI is InChI=1S/C8H11BrN4OS/c1-2-11-3-5(13-10)7(14)6-8(9)15-4-12-6/h3-4,7,14H,2,10H2,1H3. The van der Waals surface area contributed by atoms with Crippen molar-refractivity contribution in [1.29, 1.82) is 0 Å². The van der Waals surface area contributed by atoms with Gasteiger partial charge in [-0.1, -0.05) is 0 Å². The molecule has 15 heavy (non-hydrogen) atoms. The first-order chi connectivity index (χ1) is 7.20. The van der Waals surface area contributed by atoms with E-state index in [0.717, 1.165) is 3.79 Å². The zero-order chi connectivity index (χ0) is 11.3. The molecule has 3 N–H and O–H groups in total. The molecule has 0 aliphatic carbocycles. The van der Waals surface area contributed by atoms with Crippen molar-refractivity contribution < 1.29 is 5.11 Å². The lowest BCUT2D eigenvalue weighted by atomic mass is 10.2. The minimum Gasteiger partial charge on any atom is -0.380 e. The van der Waals surface area contributed by atoms with Crippen LogP contribution >= 0.6 is 27.3 Å². The number of rotatable bonds is 4. The van der Waals surface area contributed by atoms with Gasteiger partial charge in [-0.2, -0.15) is 5.10 Å². The second-order valence-electron chi connectivity index (χ2n) is 2.60. The molecule has 0 bridgehead atoms. The van der Waals surface area contributed by atoms with Crippen LogP contribution in [0, 0.1) is 0 Å². The molecule has 0 spiro atoms. The third-order valence-electron chi connectivity index (χ3n) is 1.64. The SMILES string of the molecule is CCN=CC(=NN)C(O)c1ncsc1Br. The fourth-order valence-corrected chi connectivity index (χ4v) is 2.03. The van der Waals surface area contributed by atoms with Crippen molar-refractivity contribution in [3.8, 4) is 0 Å². The molecule has 0 aliphatic heterocycles. The molecule has 0 aliphatic rings. The molecule has 7 heteroatoms. The second-order valence-corrected chi connectivity index (χ2v) is 4.77. The molecule has 1 unspecified atom stereocenters. The highest BCUT2D eigenvalue weighted by molar-refractivity contribution is 9.11. The summed E-state index contributed by atoms with van der Waals surface area (Å²) >= 11 is 4.68. The van der Waals surface area contributed by atoms with Crippen LogP contribution in [0.3, 0.4) is 0 Å². The summed E-state index contributed by atoms with van der Waals surface area (Å²) in [5.74, 6) is 5.17. The summed E-state index contributed by atoms with van der Waals surface area (Å²) in [6, 6.07) is 0. The Morgan fingerprint density at radius 1 is 1.87 bits per heavy atom. The Labute approximate surface area is 99.9 Å². The van der Waals surface area contributed by atoms with E-state index >= 15 is 0 Å². The van der Waals surface area contributed by atoms with Crippen LogP contribution in [-0.4, -0.2) is 28.6 Å². The highest BCUT2D eigenvalue weighted by atomic mass is 79.9. The molecule has 1 aromatic heterocycles. The smallest absolute Gasteiger partial charge is 0.143 e. The quantitative estimate of drug-likeness (QED) is 0.499. The molecule has 1 aromatic rings. The van der Waals surface area contributed by atoms with E-state index in [1.165, 1.54) is 17.6 Å².